The van der Waals surface area contributed by atoms with Crippen molar-refractivity contribution in [2.45, 2.75) is 39.3 Å². The smallest absolute Gasteiger partial charge is 0.258 e. The number of rotatable bonds is 6. The number of amides is 1. The largest absolute Gasteiger partial charge is 0.483 e. The summed E-state index contributed by atoms with van der Waals surface area (Å²) in [6.07, 6.45) is 2.55. The molecule has 0 bridgehead atoms. The Morgan fingerprint density at radius 1 is 1.50 bits per heavy atom. The maximum Gasteiger partial charge on any atom is 0.258 e. The molecule has 1 aliphatic rings. The maximum absolute atomic E-state index is 11.7. The molecule has 1 saturated carbocycles. The van der Waals surface area contributed by atoms with Crippen LogP contribution in [0, 0.1) is 5.92 Å². The summed E-state index contributed by atoms with van der Waals surface area (Å²) in [7, 11) is 0. The molecule has 1 aromatic heterocycles. The number of carbonyl (C=O) groups is 1. The van der Waals surface area contributed by atoms with Crippen LogP contribution in [0.4, 0.5) is 0 Å². The summed E-state index contributed by atoms with van der Waals surface area (Å²) in [5, 5.41) is 11.2. The Kier molecular flexibility index (Phi) is 4.33. The van der Waals surface area contributed by atoms with Gasteiger partial charge >= 0.3 is 0 Å². The Labute approximate surface area is 137 Å². The molecule has 0 radical (unpaired) electrons. The molecular formula is C15H19BrN4O2. The van der Waals surface area contributed by atoms with Gasteiger partial charge in [-0.25, -0.2) is 4.68 Å². The van der Waals surface area contributed by atoms with E-state index in [1.54, 1.807) is 0 Å². The third kappa shape index (κ3) is 3.40. The highest BCUT2D eigenvalue weighted by atomic mass is 79.9. The van der Waals surface area contributed by atoms with E-state index in [0.29, 0.717) is 5.75 Å². The molecule has 0 atom stereocenters. The van der Waals surface area contributed by atoms with Crippen LogP contribution in [0.2, 0.25) is 0 Å². The molecule has 0 spiro atoms. The van der Waals surface area contributed by atoms with E-state index in [9.17, 15) is 4.79 Å². The summed E-state index contributed by atoms with van der Waals surface area (Å²) in [6.45, 7) is 4.73. The number of hydrogen-bond acceptors (Lipinski definition) is 4. The highest BCUT2D eigenvalue weighted by Gasteiger charge is 2.23. The lowest BCUT2D eigenvalue weighted by atomic mass is 10.3. The summed E-state index contributed by atoms with van der Waals surface area (Å²) >= 11 is 3.51. The molecule has 0 unspecified atom stereocenters. The average Bonchev–Trinajstić information content (AvgIpc) is 3.17. The average molecular weight is 367 g/mol. The van der Waals surface area contributed by atoms with E-state index in [-0.39, 0.29) is 18.6 Å². The Balaban J connectivity index is 1.74. The van der Waals surface area contributed by atoms with Crippen LogP contribution in [0.15, 0.2) is 16.6 Å². The molecule has 1 heterocycles. The van der Waals surface area contributed by atoms with Crippen LogP contribution in [0.3, 0.4) is 0 Å². The zero-order valence-electron chi connectivity index (χ0n) is 12.7. The highest BCUT2D eigenvalue weighted by molar-refractivity contribution is 9.10. The Morgan fingerprint density at radius 3 is 2.95 bits per heavy atom. The lowest BCUT2D eigenvalue weighted by molar-refractivity contribution is -0.123. The van der Waals surface area contributed by atoms with Crippen molar-refractivity contribution in [2.75, 3.05) is 6.61 Å². The van der Waals surface area contributed by atoms with Gasteiger partial charge in [-0.2, -0.15) is 0 Å². The second-order valence-corrected chi connectivity index (χ2v) is 6.76. The SMILES string of the molecule is CC(C)NC(=O)COc1ccc2c(nnn2CC2CC2)c1Br. The van der Waals surface area contributed by atoms with Gasteiger partial charge in [0.05, 0.1) is 9.99 Å². The molecule has 3 rings (SSSR count). The van der Waals surface area contributed by atoms with E-state index >= 15 is 0 Å². The fourth-order valence-corrected chi connectivity index (χ4v) is 2.81. The number of benzene rings is 1. The first-order valence-corrected chi connectivity index (χ1v) is 8.27. The zero-order valence-corrected chi connectivity index (χ0v) is 14.3. The van der Waals surface area contributed by atoms with Crippen molar-refractivity contribution >= 4 is 32.9 Å². The Hall–Kier alpha value is -1.63. The molecule has 1 fully saturated rings. The van der Waals surface area contributed by atoms with Crippen molar-refractivity contribution in [3.05, 3.63) is 16.6 Å². The molecule has 0 saturated heterocycles. The number of fused-ring (bicyclic) bond motifs is 1. The molecule has 2 aromatic rings. The van der Waals surface area contributed by atoms with Gasteiger partial charge in [0.1, 0.15) is 11.3 Å². The summed E-state index contributed by atoms with van der Waals surface area (Å²) in [6, 6.07) is 3.89. The summed E-state index contributed by atoms with van der Waals surface area (Å²) in [5.74, 6) is 1.20. The molecule has 22 heavy (non-hydrogen) atoms. The molecule has 118 valence electrons. The van der Waals surface area contributed by atoms with Gasteiger partial charge in [-0.05, 0) is 60.7 Å². The van der Waals surface area contributed by atoms with Crippen LogP contribution in [0.1, 0.15) is 26.7 Å². The minimum absolute atomic E-state index is 0.0154. The van der Waals surface area contributed by atoms with Crippen molar-refractivity contribution in [3.8, 4) is 5.75 Å². The maximum atomic E-state index is 11.7. The van der Waals surface area contributed by atoms with E-state index in [2.05, 4.69) is 31.6 Å². The van der Waals surface area contributed by atoms with Gasteiger partial charge in [-0.3, -0.25) is 4.79 Å². The number of ether oxygens (including phenoxy) is 1. The van der Waals surface area contributed by atoms with Gasteiger partial charge < -0.3 is 10.1 Å². The summed E-state index contributed by atoms with van der Waals surface area (Å²) in [5.41, 5.74) is 1.75. The standard InChI is InChI=1S/C15H19BrN4O2/c1-9(2)17-13(21)8-22-12-6-5-11-15(14(12)16)18-19-20(11)7-10-3-4-10/h5-6,9-10H,3-4,7-8H2,1-2H3,(H,17,21). The van der Waals surface area contributed by atoms with E-state index in [0.717, 1.165) is 28.0 Å². The molecule has 0 aliphatic heterocycles. The first kappa shape index (κ1) is 15.3. The van der Waals surface area contributed by atoms with Crippen molar-refractivity contribution in [3.63, 3.8) is 0 Å². The normalized spacial score (nSPS) is 14.5. The van der Waals surface area contributed by atoms with Crippen LogP contribution >= 0.6 is 15.9 Å². The van der Waals surface area contributed by atoms with Crippen LogP contribution in [-0.2, 0) is 11.3 Å². The van der Waals surface area contributed by atoms with Gasteiger partial charge in [0.2, 0.25) is 0 Å². The van der Waals surface area contributed by atoms with Crippen molar-refractivity contribution in [2.24, 2.45) is 5.92 Å². The van der Waals surface area contributed by atoms with Crippen LogP contribution in [0.25, 0.3) is 11.0 Å². The second kappa shape index (κ2) is 6.24. The number of carbonyl (C=O) groups excluding carboxylic acids is 1. The van der Waals surface area contributed by atoms with Crippen LogP contribution in [-0.4, -0.2) is 33.5 Å². The summed E-state index contributed by atoms with van der Waals surface area (Å²) in [4.78, 5) is 11.7. The molecular weight excluding hydrogens is 348 g/mol. The minimum atomic E-state index is -0.139. The number of halogens is 1. The molecule has 6 nitrogen and oxygen atoms in total. The molecule has 1 amide bonds. The first-order chi connectivity index (χ1) is 10.5. The monoisotopic (exact) mass is 366 g/mol. The zero-order chi connectivity index (χ0) is 15.7. The topological polar surface area (TPSA) is 69.0 Å². The third-order valence-corrected chi connectivity index (χ3v) is 4.29. The third-order valence-electron chi connectivity index (χ3n) is 3.53. The number of nitrogens with one attached hydrogen (secondary N) is 1. The Bertz CT molecular complexity index is 694. The van der Waals surface area contributed by atoms with E-state index in [1.807, 2.05) is 30.7 Å². The highest BCUT2D eigenvalue weighted by Crippen LogP contribution is 2.34. The predicted molar refractivity (Wildman–Crippen MR) is 86.7 cm³/mol. The van der Waals surface area contributed by atoms with E-state index < -0.39 is 0 Å². The lowest BCUT2D eigenvalue weighted by Crippen LogP contribution is -2.34. The molecule has 1 N–H and O–H groups in total. The fourth-order valence-electron chi connectivity index (χ4n) is 2.28. The minimum Gasteiger partial charge on any atom is -0.483 e. The van der Waals surface area contributed by atoms with Crippen molar-refractivity contribution < 1.29 is 9.53 Å². The quantitative estimate of drug-likeness (QED) is 0.852. The Morgan fingerprint density at radius 2 is 2.27 bits per heavy atom. The first-order valence-electron chi connectivity index (χ1n) is 7.48. The fraction of sp³-hybridized carbons (Fsp3) is 0.533. The lowest BCUT2D eigenvalue weighted by Gasteiger charge is -2.11. The van der Waals surface area contributed by atoms with Crippen LogP contribution in [0.5, 0.6) is 5.75 Å². The van der Waals surface area contributed by atoms with Crippen LogP contribution < -0.4 is 10.1 Å². The van der Waals surface area contributed by atoms with Crippen molar-refractivity contribution in [1.82, 2.24) is 20.3 Å². The molecule has 7 heteroatoms. The number of aromatic nitrogens is 3. The van der Waals surface area contributed by atoms with E-state index in [4.69, 9.17) is 4.74 Å². The van der Waals surface area contributed by atoms with Gasteiger partial charge in [0, 0.05) is 12.6 Å². The summed E-state index contributed by atoms with van der Waals surface area (Å²) < 4.78 is 8.25. The van der Waals surface area contributed by atoms with Gasteiger partial charge in [-0.1, -0.05) is 5.21 Å². The second-order valence-electron chi connectivity index (χ2n) is 5.97. The number of nitrogens with zero attached hydrogens (tertiary/aromatic N) is 3. The van der Waals surface area contributed by atoms with Gasteiger partial charge in [0.15, 0.2) is 6.61 Å². The van der Waals surface area contributed by atoms with Gasteiger partial charge in [0.25, 0.3) is 5.91 Å². The molecule has 1 aliphatic carbocycles. The van der Waals surface area contributed by atoms with E-state index in [1.165, 1.54) is 12.8 Å². The van der Waals surface area contributed by atoms with Crippen molar-refractivity contribution in [1.29, 1.82) is 0 Å². The molecule has 1 aromatic carbocycles. The predicted octanol–water partition coefficient (Wildman–Crippen LogP) is 2.51. The van der Waals surface area contributed by atoms with Gasteiger partial charge in [-0.15, -0.1) is 5.10 Å². The number of hydrogen-bond donors (Lipinski definition) is 1.